The summed E-state index contributed by atoms with van der Waals surface area (Å²) in [4.78, 5) is 12.0. The van der Waals surface area contributed by atoms with E-state index in [0.717, 1.165) is 48.5 Å². The van der Waals surface area contributed by atoms with E-state index >= 15 is 0 Å². The van der Waals surface area contributed by atoms with E-state index in [2.05, 4.69) is 13.8 Å². The van der Waals surface area contributed by atoms with Gasteiger partial charge < -0.3 is 9.47 Å². The van der Waals surface area contributed by atoms with Crippen LogP contribution in [0.5, 0.6) is 11.5 Å². The highest BCUT2D eigenvalue weighted by atomic mass is 16.5. The highest BCUT2D eigenvalue weighted by Gasteiger charge is 2.22. The molecule has 0 spiro atoms. The van der Waals surface area contributed by atoms with Gasteiger partial charge in [-0.05, 0) is 37.0 Å². The molecule has 0 N–H and O–H groups in total. The zero-order valence-corrected chi connectivity index (χ0v) is 15.4. The summed E-state index contributed by atoms with van der Waals surface area (Å²) in [5.74, 6) is 1.79. The van der Waals surface area contributed by atoms with Gasteiger partial charge >= 0.3 is 0 Å². The number of ketones is 1. The molecule has 0 aromatic heterocycles. The predicted molar refractivity (Wildman–Crippen MR) is 98.4 cm³/mol. The average Bonchev–Trinajstić information content (AvgIpc) is 2.94. The second-order valence-corrected chi connectivity index (χ2v) is 6.70. The van der Waals surface area contributed by atoms with Crippen LogP contribution in [-0.4, -0.2) is 19.0 Å². The summed E-state index contributed by atoms with van der Waals surface area (Å²) in [6, 6.07) is 3.94. The molecule has 3 heteroatoms. The average molecular weight is 332 g/mol. The number of benzene rings is 1. The molecule has 134 valence electrons. The Morgan fingerprint density at radius 2 is 1.38 bits per heavy atom. The van der Waals surface area contributed by atoms with Gasteiger partial charge in [-0.25, -0.2) is 0 Å². The number of Topliss-reactive ketones (excluding diaryl/α,β-unsaturated/α-hetero) is 1. The summed E-state index contributed by atoms with van der Waals surface area (Å²) >= 11 is 0. The van der Waals surface area contributed by atoms with Crippen LogP contribution in [-0.2, 0) is 6.42 Å². The first-order valence-electron chi connectivity index (χ1n) is 9.72. The highest BCUT2D eigenvalue weighted by molar-refractivity contribution is 6.01. The SMILES string of the molecule is CCCCCCOc1cc2c(cc1OCCCCCC)C(=O)CC2. The van der Waals surface area contributed by atoms with Crippen LogP contribution in [0.15, 0.2) is 12.1 Å². The number of ether oxygens (including phenoxy) is 2. The van der Waals surface area contributed by atoms with E-state index in [9.17, 15) is 4.79 Å². The van der Waals surface area contributed by atoms with Gasteiger partial charge in [0.1, 0.15) is 0 Å². The topological polar surface area (TPSA) is 35.5 Å². The van der Waals surface area contributed by atoms with Gasteiger partial charge in [0.05, 0.1) is 13.2 Å². The molecule has 0 radical (unpaired) electrons. The van der Waals surface area contributed by atoms with Gasteiger partial charge in [0, 0.05) is 12.0 Å². The Bertz CT molecular complexity index is 522. The molecule has 0 saturated heterocycles. The maximum atomic E-state index is 12.0. The number of unbranched alkanes of at least 4 members (excludes halogenated alkanes) is 6. The molecular formula is C21H32O3. The van der Waals surface area contributed by atoms with Crippen molar-refractivity contribution in [3.63, 3.8) is 0 Å². The molecule has 1 aliphatic rings. The Balaban J connectivity index is 1.96. The van der Waals surface area contributed by atoms with E-state index in [1.54, 1.807) is 0 Å². The first-order valence-corrected chi connectivity index (χ1v) is 9.72. The van der Waals surface area contributed by atoms with Crippen molar-refractivity contribution in [2.45, 2.75) is 78.1 Å². The van der Waals surface area contributed by atoms with Crippen LogP contribution in [0.2, 0.25) is 0 Å². The number of carbonyl (C=O) groups is 1. The lowest BCUT2D eigenvalue weighted by atomic mass is 10.1. The van der Waals surface area contributed by atoms with Gasteiger partial charge in [0.25, 0.3) is 0 Å². The molecule has 3 nitrogen and oxygen atoms in total. The lowest BCUT2D eigenvalue weighted by Crippen LogP contribution is -2.04. The van der Waals surface area contributed by atoms with Crippen LogP contribution in [0, 0.1) is 0 Å². The third kappa shape index (κ3) is 5.54. The minimum absolute atomic E-state index is 0.232. The van der Waals surface area contributed by atoms with E-state index < -0.39 is 0 Å². The van der Waals surface area contributed by atoms with E-state index in [0.29, 0.717) is 13.0 Å². The van der Waals surface area contributed by atoms with Crippen LogP contribution in [0.3, 0.4) is 0 Å². The van der Waals surface area contributed by atoms with Gasteiger partial charge in [-0.1, -0.05) is 52.4 Å². The van der Waals surface area contributed by atoms with Crippen LogP contribution >= 0.6 is 0 Å². The third-order valence-electron chi connectivity index (χ3n) is 4.60. The van der Waals surface area contributed by atoms with Crippen molar-refractivity contribution in [1.82, 2.24) is 0 Å². The number of rotatable bonds is 12. The van der Waals surface area contributed by atoms with Crippen molar-refractivity contribution in [2.24, 2.45) is 0 Å². The van der Waals surface area contributed by atoms with E-state index in [1.807, 2.05) is 12.1 Å². The maximum absolute atomic E-state index is 12.0. The number of hydrogen-bond donors (Lipinski definition) is 0. The monoisotopic (exact) mass is 332 g/mol. The fraction of sp³-hybridized carbons (Fsp3) is 0.667. The van der Waals surface area contributed by atoms with Gasteiger partial charge in [0.2, 0.25) is 0 Å². The molecule has 2 rings (SSSR count). The second-order valence-electron chi connectivity index (χ2n) is 6.70. The lowest BCUT2D eigenvalue weighted by molar-refractivity contribution is 0.0994. The van der Waals surface area contributed by atoms with Crippen LogP contribution in [0.1, 0.15) is 87.6 Å². The number of aryl methyl sites for hydroxylation is 1. The summed E-state index contributed by atoms with van der Waals surface area (Å²) in [5, 5.41) is 0. The van der Waals surface area contributed by atoms with E-state index in [-0.39, 0.29) is 5.78 Å². The van der Waals surface area contributed by atoms with Crippen molar-refractivity contribution >= 4 is 5.78 Å². The molecule has 1 aromatic carbocycles. The summed E-state index contributed by atoms with van der Waals surface area (Å²) in [7, 11) is 0. The van der Waals surface area contributed by atoms with E-state index in [1.165, 1.54) is 38.5 Å². The van der Waals surface area contributed by atoms with E-state index in [4.69, 9.17) is 9.47 Å². The molecule has 0 atom stereocenters. The van der Waals surface area contributed by atoms with Gasteiger partial charge in [-0.3, -0.25) is 4.79 Å². The van der Waals surface area contributed by atoms with Gasteiger partial charge in [-0.15, -0.1) is 0 Å². The molecule has 0 amide bonds. The second kappa shape index (κ2) is 10.4. The van der Waals surface area contributed by atoms with Crippen molar-refractivity contribution < 1.29 is 14.3 Å². The minimum Gasteiger partial charge on any atom is -0.490 e. The summed E-state index contributed by atoms with van der Waals surface area (Å²) in [6.07, 6.45) is 10.9. The van der Waals surface area contributed by atoms with Crippen LogP contribution in [0.4, 0.5) is 0 Å². The van der Waals surface area contributed by atoms with Crippen molar-refractivity contribution in [1.29, 1.82) is 0 Å². The fourth-order valence-corrected chi connectivity index (χ4v) is 3.10. The Morgan fingerprint density at radius 1 is 0.792 bits per heavy atom. The summed E-state index contributed by atoms with van der Waals surface area (Å²) in [5.41, 5.74) is 1.94. The smallest absolute Gasteiger partial charge is 0.163 e. The summed E-state index contributed by atoms with van der Waals surface area (Å²) in [6.45, 7) is 5.83. The molecule has 0 heterocycles. The fourth-order valence-electron chi connectivity index (χ4n) is 3.10. The Labute approximate surface area is 146 Å². The molecular weight excluding hydrogens is 300 g/mol. The third-order valence-corrected chi connectivity index (χ3v) is 4.60. The minimum atomic E-state index is 0.232. The zero-order valence-electron chi connectivity index (χ0n) is 15.4. The molecule has 1 aromatic rings. The number of hydrogen-bond acceptors (Lipinski definition) is 3. The number of carbonyl (C=O) groups excluding carboxylic acids is 1. The van der Waals surface area contributed by atoms with Gasteiger partial charge in [-0.2, -0.15) is 0 Å². The van der Waals surface area contributed by atoms with Crippen molar-refractivity contribution in [2.75, 3.05) is 13.2 Å². The molecule has 0 unspecified atom stereocenters. The zero-order chi connectivity index (χ0) is 17.2. The standard InChI is InChI=1S/C21H32O3/c1-3-5-7-9-13-23-20-15-17-11-12-19(22)18(17)16-21(20)24-14-10-8-6-4-2/h15-16H,3-14H2,1-2H3. The quantitative estimate of drug-likeness (QED) is 0.458. The Kier molecular flexibility index (Phi) is 8.14. The van der Waals surface area contributed by atoms with Crippen LogP contribution < -0.4 is 9.47 Å². The van der Waals surface area contributed by atoms with Crippen molar-refractivity contribution in [3.05, 3.63) is 23.3 Å². The summed E-state index contributed by atoms with van der Waals surface area (Å²) < 4.78 is 11.9. The molecule has 24 heavy (non-hydrogen) atoms. The molecule has 0 bridgehead atoms. The van der Waals surface area contributed by atoms with Crippen molar-refractivity contribution in [3.8, 4) is 11.5 Å². The molecule has 0 aliphatic heterocycles. The predicted octanol–water partition coefficient (Wildman–Crippen LogP) is 5.73. The Morgan fingerprint density at radius 3 is 1.96 bits per heavy atom. The van der Waals surface area contributed by atoms with Gasteiger partial charge in [0.15, 0.2) is 17.3 Å². The lowest BCUT2D eigenvalue weighted by Gasteiger charge is -2.14. The van der Waals surface area contributed by atoms with Crippen LogP contribution in [0.25, 0.3) is 0 Å². The maximum Gasteiger partial charge on any atom is 0.163 e. The first-order chi connectivity index (χ1) is 11.8. The first kappa shape index (κ1) is 18.8. The highest BCUT2D eigenvalue weighted by Crippen LogP contribution is 2.35. The largest absolute Gasteiger partial charge is 0.490 e. The molecule has 1 aliphatic carbocycles. The molecule has 0 fully saturated rings. The number of fused-ring (bicyclic) bond motifs is 1. The normalized spacial score (nSPS) is 13.2. The molecule has 0 saturated carbocycles. The Hall–Kier alpha value is -1.51.